The number of piperidine rings is 1. The molecule has 6 nitrogen and oxygen atoms in total. The number of benzene rings is 1. The zero-order valence-corrected chi connectivity index (χ0v) is 14.3. The Morgan fingerprint density at radius 1 is 1.23 bits per heavy atom. The van der Waals surface area contributed by atoms with E-state index in [-0.39, 0.29) is 16.4 Å². The van der Waals surface area contributed by atoms with Crippen molar-refractivity contribution in [3.63, 3.8) is 0 Å². The predicted molar refractivity (Wildman–Crippen MR) is 84.7 cm³/mol. The molecule has 7 heteroatoms. The molecule has 0 aliphatic carbocycles. The molecule has 2 N–H and O–H groups in total. The molecule has 22 heavy (non-hydrogen) atoms. The molecule has 0 radical (unpaired) electrons. The molecule has 0 spiro atoms. The third-order valence-corrected chi connectivity index (χ3v) is 6.11. The first-order valence-electron chi connectivity index (χ1n) is 7.20. The zero-order chi connectivity index (χ0) is 16.5. The molecule has 1 aromatic rings. The number of nitrogens with two attached hydrogens (primary N) is 1. The molecule has 1 heterocycles. The molecule has 1 saturated heterocycles. The predicted octanol–water partition coefficient (Wildman–Crippen LogP) is 1.45. The number of methoxy groups -OCH3 is 2. The molecule has 1 aromatic carbocycles. The van der Waals surface area contributed by atoms with Crippen molar-refractivity contribution < 1.29 is 17.9 Å². The van der Waals surface area contributed by atoms with Crippen LogP contribution in [0.5, 0.6) is 11.5 Å². The lowest BCUT2D eigenvalue weighted by molar-refractivity contribution is 0.155. The molecule has 1 aliphatic rings. The number of hydrogen-bond acceptors (Lipinski definition) is 5. The van der Waals surface area contributed by atoms with Crippen molar-refractivity contribution in [2.24, 2.45) is 11.1 Å². The van der Waals surface area contributed by atoms with Crippen LogP contribution in [0.15, 0.2) is 23.1 Å². The summed E-state index contributed by atoms with van der Waals surface area (Å²) in [4.78, 5) is 0.205. The van der Waals surface area contributed by atoms with Gasteiger partial charge < -0.3 is 15.2 Å². The van der Waals surface area contributed by atoms with Crippen molar-refractivity contribution in [2.75, 3.05) is 27.3 Å². The first-order chi connectivity index (χ1) is 10.2. The Kier molecular flexibility index (Phi) is 4.70. The molecule has 0 bridgehead atoms. The normalized spacial score (nSPS) is 22.3. The van der Waals surface area contributed by atoms with E-state index in [1.807, 2.05) is 13.8 Å². The Labute approximate surface area is 132 Å². The summed E-state index contributed by atoms with van der Waals surface area (Å²) in [5.41, 5.74) is 5.83. The minimum atomic E-state index is -3.57. The first-order valence-corrected chi connectivity index (χ1v) is 8.64. The third-order valence-electron chi connectivity index (χ3n) is 4.27. The molecule has 0 aromatic heterocycles. The molecule has 0 amide bonds. The summed E-state index contributed by atoms with van der Waals surface area (Å²) in [5, 5.41) is 0. The lowest BCUT2D eigenvalue weighted by atomic mass is 9.81. The van der Waals surface area contributed by atoms with Crippen LogP contribution in [0, 0.1) is 5.41 Å². The summed E-state index contributed by atoms with van der Waals surface area (Å²) in [5.74, 6) is 0.902. The van der Waals surface area contributed by atoms with Gasteiger partial charge in [-0.05, 0) is 24.0 Å². The van der Waals surface area contributed by atoms with Gasteiger partial charge in [-0.15, -0.1) is 0 Å². The van der Waals surface area contributed by atoms with E-state index in [1.165, 1.54) is 30.7 Å². The highest BCUT2D eigenvalue weighted by Crippen LogP contribution is 2.34. The van der Waals surface area contributed by atoms with Crippen LogP contribution >= 0.6 is 0 Å². The molecule has 1 fully saturated rings. The lowest BCUT2D eigenvalue weighted by Crippen LogP contribution is -2.53. The van der Waals surface area contributed by atoms with Gasteiger partial charge in [0.05, 0.1) is 19.1 Å². The van der Waals surface area contributed by atoms with Crippen molar-refractivity contribution in [1.29, 1.82) is 0 Å². The number of sulfonamides is 1. The summed E-state index contributed by atoms with van der Waals surface area (Å²) >= 11 is 0. The summed E-state index contributed by atoms with van der Waals surface area (Å²) in [7, 11) is -0.574. The van der Waals surface area contributed by atoms with Crippen LogP contribution in [0.2, 0.25) is 0 Å². The van der Waals surface area contributed by atoms with Gasteiger partial charge in [0, 0.05) is 25.2 Å². The van der Waals surface area contributed by atoms with Crippen LogP contribution < -0.4 is 15.2 Å². The maximum Gasteiger partial charge on any atom is 0.243 e. The van der Waals surface area contributed by atoms with Gasteiger partial charge in [-0.3, -0.25) is 0 Å². The average molecular weight is 328 g/mol. The second-order valence-corrected chi connectivity index (χ2v) is 8.18. The van der Waals surface area contributed by atoms with E-state index < -0.39 is 10.0 Å². The fourth-order valence-electron chi connectivity index (χ4n) is 2.66. The van der Waals surface area contributed by atoms with E-state index in [0.29, 0.717) is 31.0 Å². The van der Waals surface area contributed by atoms with E-state index in [0.717, 1.165) is 0 Å². The second kappa shape index (κ2) is 6.06. The van der Waals surface area contributed by atoms with Crippen LogP contribution in [-0.4, -0.2) is 46.1 Å². The van der Waals surface area contributed by atoms with Gasteiger partial charge in [-0.2, -0.15) is 4.31 Å². The highest BCUT2D eigenvalue weighted by atomic mass is 32.2. The van der Waals surface area contributed by atoms with Crippen LogP contribution in [-0.2, 0) is 10.0 Å². The summed E-state index contributed by atoms with van der Waals surface area (Å²) in [6.45, 7) is 4.83. The monoisotopic (exact) mass is 328 g/mol. The van der Waals surface area contributed by atoms with Gasteiger partial charge in [-0.1, -0.05) is 13.8 Å². The van der Waals surface area contributed by atoms with Crippen molar-refractivity contribution in [3.8, 4) is 11.5 Å². The van der Waals surface area contributed by atoms with Crippen LogP contribution in [0.25, 0.3) is 0 Å². The molecule has 1 unspecified atom stereocenters. The van der Waals surface area contributed by atoms with Gasteiger partial charge in [0.15, 0.2) is 11.5 Å². The van der Waals surface area contributed by atoms with Gasteiger partial charge in [0.25, 0.3) is 0 Å². The molecule has 0 saturated carbocycles. The maximum absolute atomic E-state index is 12.8. The highest BCUT2D eigenvalue weighted by molar-refractivity contribution is 7.89. The molecule has 124 valence electrons. The summed E-state index contributed by atoms with van der Waals surface area (Å²) in [6.07, 6.45) is 0.652. The van der Waals surface area contributed by atoms with Gasteiger partial charge in [0.1, 0.15) is 0 Å². The average Bonchev–Trinajstić information content (AvgIpc) is 2.48. The fraction of sp³-hybridized carbons (Fsp3) is 0.600. The minimum absolute atomic E-state index is 0.00403. The van der Waals surface area contributed by atoms with Crippen LogP contribution in [0.1, 0.15) is 20.3 Å². The van der Waals surface area contributed by atoms with Crippen molar-refractivity contribution >= 4 is 10.0 Å². The van der Waals surface area contributed by atoms with E-state index in [4.69, 9.17) is 15.2 Å². The molecular formula is C15H24N2O4S. The van der Waals surface area contributed by atoms with Crippen molar-refractivity contribution in [3.05, 3.63) is 18.2 Å². The fourth-order valence-corrected chi connectivity index (χ4v) is 4.30. The molecule has 2 rings (SSSR count). The maximum atomic E-state index is 12.8. The van der Waals surface area contributed by atoms with Gasteiger partial charge in [-0.25, -0.2) is 8.42 Å². The smallest absolute Gasteiger partial charge is 0.243 e. The Morgan fingerprint density at radius 3 is 2.41 bits per heavy atom. The van der Waals surface area contributed by atoms with Crippen molar-refractivity contribution in [1.82, 2.24) is 4.31 Å². The Balaban J connectivity index is 2.35. The number of rotatable bonds is 4. The lowest BCUT2D eigenvalue weighted by Gasteiger charge is -2.41. The molecular weight excluding hydrogens is 304 g/mol. The van der Waals surface area contributed by atoms with Gasteiger partial charge in [0.2, 0.25) is 10.0 Å². The Morgan fingerprint density at radius 2 is 1.86 bits per heavy atom. The quantitative estimate of drug-likeness (QED) is 0.905. The standard InChI is InChI=1S/C15H24N2O4S/c1-15(2)10-17(8-7-14(15)16)22(18,19)11-5-6-12(20-3)13(9-11)21-4/h5-6,9,14H,7-8,10,16H2,1-4H3. The van der Waals surface area contributed by atoms with E-state index in [2.05, 4.69) is 0 Å². The molecule has 1 atom stereocenters. The zero-order valence-electron chi connectivity index (χ0n) is 13.5. The van der Waals surface area contributed by atoms with Crippen LogP contribution in [0.3, 0.4) is 0 Å². The number of nitrogens with zero attached hydrogens (tertiary/aromatic N) is 1. The highest BCUT2D eigenvalue weighted by Gasteiger charge is 2.39. The Hall–Kier alpha value is -1.31. The largest absolute Gasteiger partial charge is 0.493 e. The number of ether oxygens (including phenoxy) is 2. The number of hydrogen-bond donors (Lipinski definition) is 1. The first kappa shape index (κ1) is 17.1. The second-order valence-electron chi connectivity index (χ2n) is 6.24. The van der Waals surface area contributed by atoms with Gasteiger partial charge >= 0.3 is 0 Å². The van der Waals surface area contributed by atoms with E-state index >= 15 is 0 Å². The molecule has 1 aliphatic heterocycles. The Bertz CT molecular complexity index is 643. The summed E-state index contributed by atoms with van der Waals surface area (Å²) < 4.78 is 37.5. The van der Waals surface area contributed by atoms with E-state index in [9.17, 15) is 8.42 Å². The van der Waals surface area contributed by atoms with E-state index in [1.54, 1.807) is 6.07 Å². The minimum Gasteiger partial charge on any atom is -0.493 e. The third kappa shape index (κ3) is 3.06. The summed E-state index contributed by atoms with van der Waals surface area (Å²) in [6, 6.07) is 4.64. The van der Waals surface area contributed by atoms with Crippen LogP contribution in [0.4, 0.5) is 0 Å². The van der Waals surface area contributed by atoms with Crippen molar-refractivity contribution in [2.45, 2.75) is 31.2 Å². The topological polar surface area (TPSA) is 81.9 Å². The SMILES string of the molecule is COc1ccc(S(=O)(=O)N2CCC(N)C(C)(C)C2)cc1OC.